The van der Waals surface area contributed by atoms with Crippen LogP contribution in [0.25, 0.3) is 11.4 Å². The van der Waals surface area contributed by atoms with Crippen molar-refractivity contribution in [3.8, 4) is 23.0 Å². The summed E-state index contributed by atoms with van der Waals surface area (Å²) in [5, 5.41) is 13.7. The number of aryl methyl sites for hydroxylation is 1. The first-order valence-electron chi connectivity index (χ1n) is 5.96. The summed E-state index contributed by atoms with van der Waals surface area (Å²) >= 11 is 0. The molecule has 0 atom stereocenters. The predicted octanol–water partition coefficient (Wildman–Crippen LogP) is 1.94. The maximum absolute atomic E-state index is 5.72. The number of nitrogens with zero attached hydrogens (tertiary/aromatic N) is 4. The first kappa shape index (κ1) is 12.1. The van der Waals surface area contributed by atoms with Gasteiger partial charge in [0.15, 0.2) is 0 Å². The van der Waals surface area contributed by atoms with Crippen LogP contribution in [0.4, 0.5) is 5.69 Å². The molecule has 1 aromatic carbocycles. The van der Waals surface area contributed by atoms with Crippen LogP contribution >= 0.6 is 0 Å². The molecule has 0 saturated heterocycles. The first-order chi connectivity index (χ1) is 9.72. The zero-order valence-electron chi connectivity index (χ0n) is 10.7. The van der Waals surface area contributed by atoms with Crippen molar-refractivity contribution in [3.05, 3.63) is 42.1 Å². The fraction of sp³-hybridized carbons (Fsp3) is 0.0769. The van der Waals surface area contributed by atoms with Crippen molar-refractivity contribution >= 4 is 5.69 Å². The van der Waals surface area contributed by atoms with Crippen LogP contribution in [0.2, 0.25) is 0 Å². The molecule has 2 aromatic heterocycles. The molecule has 0 bridgehead atoms. The Morgan fingerprint density at radius 2 is 2.00 bits per heavy atom. The lowest BCUT2D eigenvalue weighted by Crippen LogP contribution is -1.94. The van der Waals surface area contributed by atoms with E-state index in [1.54, 1.807) is 12.3 Å². The second kappa shape index (κ2) is 4.96. The molecule has 0 unspecified atom stereocenters. The van der Waals surface area contributed by atoms with Gasteiger partial charge in [-0.2, -0.15) is 5.21 Å². The lowest BCUT2D eigenvalue weighted by molar-refractivity contribution is 0.463. The van der Waals surface area contributed by atoms with E-state index in [0.29, 0.717) is 23.1 Å². The summed E-state index contributed by atoms with van der Waals surface area (Å²) in [6.45, 7) is 1.91. The number of aromatic nitrogens is 5. The molecule has 0 aliphatic heterocycles. The van der Waals surface area contributed by atoms with Crippen LogP contribution in [-0.4, -0.2) is 25.6 Å². The molecular weight excluding hydrogens is 256 g/mol. The van der Waals surface area contributed by atoms with Crippen molar-refractivity contribution < 1.29 is 4.74 Å². The molecule has 7 heteroatoms. The van der Waals surface area contributed by atoms with Crippen molar-refractivity contribution in [2.24, 2.45) is 0 Å². The Balaban J connectivity index is 1.79. The fourth-order valence-electron chi connectivity index (χ4n) is 1.67. The maximum atomic E-state index is 5.72. The number of nitrogens with two attached hydrogens (primary N) is 1. The van der Waals surface area contributed by atoms with Gasteiger partial charge in [0.2, 0.25) is 11.7 Å². The van der Waals surface area contributed by atoms with E-state index in [0.717, 1.165) is 11.1 Å². The lowest BCUT2D eigenvalue weighted by Gasteiger charge is -2.06. The van der Waals surface area contributed by atoms with Gasteiger partial charge in [-0.1, -0.05) is 0 Å². The molecule has 0 saturated carbocycles. The van der Waals surface area contributed by atoms with Gasteiger partial charge in [-0.15, -0.1) is 10.2 Å². The number of hydrogen-bond acceptors (Lipinski definition) is 6. The van der Waals surface area contributed by atoms with E-state index >= 15 is 0 Å². The van der Waals surface area contributed by atoms with Gasteiger partial charge in [0.05, 0.1) is 11.9 Å². The third kappa shape index (κ3) is 2.41. The van der Waals surface area contributed by atoms with Gasteiger partial charge in [0, 0.05) is 11.6 Å². The topological polar surface area (TPSA) is 103 Å². The molecule has 2 heterocycles. The number of pyridine rings is 1. The smallest absolute Gasteiger partial charge is 0.219 e. The van der Waals surface area contributed by atoms with Crippen molar-refractivity contribution in [2.75, 3.05) is 5.73 Å². The number of aromatic amines is 1. The molecule has 0 aliphatic rings. The highest BCUT2D eigenvalue weighted by Crippen LogP contribution is 2.24. The van der Waals surface area contributed by atoms with E-state index in [-0.39, 0.29) is 0 Å². The minimum Gasteiger partial charge on any atom is -0.439 e. The largest absolute Gasteiger partial charge is 0.439 e. The van der Waals surface area contributed by atoms with E-state index < -0.39 is 0 Å². The van der Waals surface area contributed by atoms with E-state index in [1.165, 1.54) is 0 Å². The zero-order chi connectivity index (χ0) is 13.9. The van der Waals surface area contributed by atoms with Crippen molar-refractivity contribution in [1.82, 2.24) is 25.6 Å². The number of rotatable bonds is 3. The van der Waals surface area contributed by atoms with E-state index in [1.807, 2.05) is 31.2 Å². The second-order valence-corrected chi connectivity index (χ2v) is 4.24. The Kier molecular flexibility index (Phi) is 3.00. The number of ether oxygens (including phenoxy) is 1. The molecule has 0 amide bonds. The van der Waals surface area contributed by atoms with Gasteiger partial charge < -0.3 is 10.5 Å². The SMILES string of the molecule is Cc1cc(Oc2ccc(-c3nn[nH]n3)cc2)ncc1N. The molecule has 0 radical (unpaired) electrons. The number of tetrazole rings is 1. The number of nitrogens with one attached hydrogen (secondary N) is 1. The van der Waals surface area contributed by atoms with Crippen LogP contribution in [0.5, 0.6) is 11.6 Å². The molecule has 0 aliphatic carbocycles. The summed E-state index contributed by atoms with van der Waals surface area (Å²) in [7, 11) is 0. The number of nitrogen functional groups attached to an aromatic ring is 1. The number of hydrogen-bond donors (Lipinski definition) is 2. The van der Waals surface area contributed by atoms with E-state index in [2.05, 4.69) is 25.6 Å². The number of benzene rings is 1. The van der Waals surface area contributed by atoms with Gasteiger partial charge in [-0.25, -0.2) is 4.98 Å². The quantitative estimate of drug-likeness (QED) is 0.752. The highest BCUT2D eigenvalue weighted by atomic mass is 16.5. The second-order valence-electron chi connectivity index (χ2n) is 4.24. The summed E-state index contributed by atoms with van der Waals surface area (Å²) in [5.41, 5.74) is 8.14. The molecule has 0 fully saturated rings. The van der Waals surface area contributed by atoms with Crippen molar-refractivity contribution in [2.45, 2.75) is 6.92 Å². The van der Waals surface area contributed by atoms with Gasteiger partial charge >= 0.3 is 0 Å². The lowest BCUT2D eigenvalue weighted by atomic mass is 10.2. The van der Waals surface area contributed by atoms with Crippen LogP contribution in [-0.2, 0) is 0 Å². The van der Waals surface area contributed by atoms with Crippen LogP contribution in [0.1, 0.15) is 5.56 Å². The molecule has 100 valence electrons. The van der Waals surface area contributed by atoms with E-state index in [4.69, 9.17) is 10.5 Å². The Hall–Kier alpha value is -2.96. The summed E-state index contributed by atoms with van der Waals surface area (Å²) in [5.74, 6) is 1.72. The minimum atomic E-state index is 0.504. The summed E-state index contributed by atoms with van der Waals surface area (Å²) in [4.78, 5) is 4.12. The zero-order valence-corrected chi connectivity index (χ0v) is 10.7. The van der Waals surface area contributed by atoms with Crippen LogP contribution in [0, 0.1) is 6.92 Å². The summed E-state index contributed by atoms with van der Waals surface area (Å²) < 4.78 is 5.66. The third-order valence-electron chi connectivity index (χ3n) is 2.81. The van der Waals surface area contributed by atoms with Gasteiger partial charge in [-0.3, -0.25) is 0 Å². The highest BCUT2D eigenvalue weighted by Gasteiger charge is 2.04. The Labute approximate surface area is 114 Å². The molecule has 3 N–H and O–H groups in total. The standard InChI is InChI=1S/C13H12N6O/c1-8-6-12(15-7-11(8)14)20-10-4-2-9(3-5-10)13-16-18-19-17-13/h2-7H,14H2,1H3,(H,16,17,18,19). The summed E-state index contributed by atoms with van der Waals surface area (Å²) in [6.07, 6.45) is 1.58. The number of H-pyrrole nitrogens is 1. The van der Waals surface area contributed by atoms with Gasteiger partial charge in [0.25, 0.3) is 0 Å². The molecule has 7 nitrogen and oxygen atoms in total. The Morgan fingerprint density at radius 1 is 1.20 bits per heavy atom. The monoisotopic (exact) mass is 268 g/mol. The average Bonchev–Trinajstić information content (AvgIpc) is 2.98. The van der Waals surface area contributed by atoms with Crippen LogP contribution < -0.4 is 10.5 Å². The molecule has 3 aromatic rings. The van der Waals surface area contributed by atoms with Crippen molar-refractivity contribution in [1.29, 1.82) is 0 Å². The molecule has 0 spiro atoms. The predicted molar refractivity (Wildman–Crippen MR) is 73.1 cm³/mol. The normalized spacial score (nSPS) is 10.4. The average molecular weight is 268 g/mol. The van der Waals surface area contributed by atoms with Crippen molar-refractivity contribution in [3.63, 3.8) is 0 Å². The van der Waals surface area contributed by atoms with Crippen LogP contribution in [0.3, 0.4) is 0 Å². The van der Waals surface area contributed by atoms with E-state index in [9.17, 15) is 0 Å². The highest BCUT2D eigenvalue weighted by molar-refractivity contribution is 5.55. The van der Waals surface area contributed by atoms with Crippen LogP contribution in [0.15, 0.2) is 36.5 Å². The maximum Gasteiger partial charge on any atom is 0.219 e. The molecule has 20 heavy (non-hydrogen) atoms. The first-order valence-corrected chi connectivity index (χ1v) is 5.96. The fourth-order valence-corrected chi connectivity index (χ4v) is 1.67. The minimum absolute atomic E-state index is 0.504. The Morgan fingerprint density at radius 3 is 2.65 bits per heavy atom. The molecule has 3 rings (SSSR count). The number of anilines is 1. The Bertz CT molecular complexity index is 708. The van der Waals surface area contributed by atoms with Gasteiger partial charge in [0.1, 0.15) is 5.75 Å². The van der Waals surface area contributed by atoms with Gasteiger partial charge in [-0.05, 0) is 42.0 Å². The third-order valence-corrected chi connectivity index (χ3v) is 2.81. The molecular formula is C13H12N6O. The summed E-state index contributed by atoms with van der Waals surface area (Å²) in [6, 6.07) is 9.13.